The summed E-state index contributed by atoms with van der Waals surface area (Å²) >= 11 is 0. The number of rotatable bonds is 2. The van der Waals surface area contributed by atoms with Crippen LogP contribution in [0, 0.1) is 11.3 Å². The van der Waals surface area contributed by atoms with Crippen LogP contribution in [-0.2, 0) is 9.59 Å². The topological polar surface area (TPSA) is 96.0 Å². The third kappa shape index (κ3) is 2.84. The largest absolute Gasteiger partial charge is 0.365 e. The van der Waals surface area contributed by atoms with Crippen molar-refractivity contribution >= 4 is 11.8 Å². The molecule has 0 aromatic rings. The van der Waals surface area contributed by atoms with Crippen LogP contribution in [0.2, 0.25) is 0 Å². The van der Waals surface area contributed by atoms with Gasteiger partial charge in [-0.15, -0.1) is 0 Å². The first-order chi connectivity index (χ1) is 5.49. The number of hydrogen-bond acceptors (Lipinski definition) is 3. The van der Waals surface area contributed by atoms with E-state index in [0.717, 1.165) is 0 Å². The third-order valence-corrected chi connectivity index (χ3v) is 1.10. The second-order valence-electron chi connectivity index (χ2n) is 2.16. The number of nitrogens with one attached hydrogen (secondary N) is 1. The summed E-state index contributed by atoms with van der Waals surface area (Å²) in [7, 11) is 0. The number of primary amides is 1. The van der Waals surface area contributed by atoms with Crippen LogP contribution < -0.4 is 11.1 Å². The summed E-state index contributed by atoms with van der Waals surface area (Å²) in [4.78, 5) is 21.0. The van der Waals surface area contributed by atoms with E-state index in [2.05, 4.69) is 5.32 Å². The Morgan fingerprint density at radius 3 is 2.17 bits per heavy atom. The van der Waals surface area contributed by atoms with Gasteiger partial charge in [0.25, 0.3) is 5.91 Å². The van der Waals surface area contributed by atoms with Gasteiger partial charge in [-0.1, -0.05) is 0 Å². The molecule has 0 aromatic heterocycles. The molecular formula is C7H9N3O2. The molecule has 0 spiro atoms. The maximum Gasteiger partial charge on any atom is 0.261 e. The van der Waals surface area contributed by atoms with Gasteiger partial charge in [0.15, 0.2) is 0 Å². The molecule has 0 rings (SSSR count). The van der Waals surface area contributed by atoms with E-state index in [9.17, 15) is 9.59 Å². The van der Waals surface area contributed by atoms with Crippen LogP contribution in [-0.4, -0.2) is 11.8 Å². The molecule has 0 unspecified atom stereocenters. The minimum absolute atomic E-state index is 0.178. The molecule has 0 saturated carbocycles. The van der Waals surface area contributed by atoms with Crippen LogP contribution in [0.1, 0.15) is 13.8 Å². The van der Waals surface area contributed by atoms with Crippen LogP contribution in [0.25, 0.3) is 0 Å². The number of carbonyl (C=O) groups excluding carboxylic acids is 2. The maximum absolute atomic E-state index is 10.5. The summed E-state index contributed by atoms with van der Waals surface area (Å²) in [6.45, 7) is 2.71. The van der Waals surface area contributed by atoms with E-state index >= 15 is 0 Å². The average molecular weight is 167 g/mol. The molecule has 0 aliphatic heterocycles. The SMILES string of the molecule is CC(=O)N/C(C)=C(/C#N)C(N)=O. The summed E-state index contributed by atoms with van der Waals surface area (Å²) in [5, 5.41) is 10.7. The Kier molecular flexibility index (Phi) is 3.50. The Morgan fingerprint density at radius 1 is 1.42 bits per heavy atom. The van der Waals surface area contributed by atoms with Gasteiger partial charge in [-0.05, 0) is 6.92 Å². The van der Waals surface area contributed by atoms with Gasteiger partial charge >= 0.3 is 0 Å². The van der Waals surface area contributed by atoms with E-state index in [1.165, 1.54) is 13.8 Å². The number of nitrogens with two attached hydrogens (primary N) is 1. The highest BCUT2D eigenvalue weighted by molar-refractivity contribution is 5.97. The molecule has 0 aromatic carbocycles. The summed E-state index contributed by atoms with van der Waals surface area (Å²) in [5.41, 5.74) is 4.80. The highest BCUT2D eigenvalue weighted by Gasteiger charge is 2.08. The van der Waals surface area contributed by atoms with Crippen molar-refractivity contribution in [2.24, 2.45) is 5.73 Å². The van der Waals surface area contributed by atoms with E-state index in [0.29, 0.717) is 0 Å². The number of hydrogen-bond donors (Lipinski definition) is 2. The van der Waals surface area contributed by atoms with Gasteiger partial charge in [-0.25, -0.2) is 0 Å². The average Bonchev–Trinajstić information content (AvgIpc) is 1.85. The lowest BCUT2D eigenvalue weighted by Gasteiger charge is -2.01. The second kappa shape index (κ2) is 4.13. The van der Waals surface area contributed by atoms with Gasteiger partial charge in [0.1, 0.15) is 11.6 Å². The quantitative estimate of drug-likeness (QED) is 0.424. The number of nitrogens with zero attached hydrogens (tertiary/aromatic N) is 1. The van der Waals surface area contributed by atoms with Crippen LogP contribution >= 0.6 is 0 Å². The predicted molar refractivity (Wildman–Crippen MR) is 41.3 cm³/mol. The van der Waals surface area contributed by atoms with E-state index in [-0.39, 0.29) is 17.2 Å². The molecule has 0 radical (unpaired) electrons. The maximum atomic E-state index is 10.5. The van der Waals surface area contributed by atoms with Gasteiger partial charge in [0.2, 0.25) is 5.91 Å². The zero-order valence-electron chi connectivity index (χ0n) is 6.84. The van der Waals surface area contributed by atoms with Gasteiger partial charge in [0, 0.05) is 12.6 Å². The predicted octanol–water partition coefficient (Wildman–Crippen LogP) is -0.595. The molecule has 0 saturated heterocycles. The molecule has 5 nitrogen and oxygen atoms in total. The number of nitriles is 1. The van der Waals surface area contributed by atoms with E-state index in [4.69, 9.17) is 11.0 Å². The first-order valence-corrected chi connectivity index (χ1v) is 3.17. The van der Waals surface area contributed by atoms with Gasteiger partial charge < -0.3 is 11.1 Å². The first kappa shape index (κ1) is 10.2. The monoisotopic (exact) mass is 167 g/mol. The van der Waals surface area contributed by atoms with Crippen LogP contribution in [0.5, 0.6) is 0 Å². The lowest BCUT2D eigenvalue weighted by Crippen LogP contribution is -2.23. The fourth-order valence-electron chi connectivity index (χ4n) is 0.650. The number of carbonyl (C=O) groups is 2. The lowest BCUT2D eigenvalue weighted by atomic mass is 10.2. The molecule has 12 heavy (non-hydrogen) atoms. The minimum Gasteiger partial charge on any atom is -0.365 e. The van der Waals surface area contributed by atoms with Crippen molar-refractivity contribution in [3.63, 3.8) is 0 Å². The highest BCUT2D eigenvalue weighted by atomic mass is 16.2. The first-order valence-electron chi connectivity index (χ1n) is 3.17. The molecule has 0 aliphatic rings. The standard InChI is InChI=1S/C7H9N3O2/c1-4(10-5(2)11)6(3-8)7(9)12/h1-2H3,(H2,9,12)(H,10,11)/b6-4-. The Labute approximate surface area is 69.8 Å². The molecule has 5 heteroatoms. The van der Waals surface area contributed by atoms with Crippen LogP contribution in [0.15, 0.2) is 11.3 Å². The van der Waals surface area contributed by atoms with Crippen molar-refractivity contribution in [2.75, 3.05) is 0 Å². The molecular weight excluding hydrogens is 158 g/mol. The van der Waals surface area contributed by atoms with Crippen molar-refractivity contribution in [3.8, 4) is 6.07 Å². The zero-order chi connectivity index (χ0) is 9.72. The molecule has 0 heterocycles. The number of allylic oxidation sites excluding steroid dienone is 1. The molecule has 64 valence electrons. The normalized spacial score (nSPS) is 11.1. The Morgan fingerprint density at radius 2 is 1.92 bits per heavy atom. The molecule has 3 N–H and O–H groups in total. The fraction of sp³-hybridized carbons (Fsp3) is 0.286. The fourth-order valence-corrected chi connectivity index (χ4v) is 0.650. The summed E-state index contributed by atoms with van der Waals surface area (Å²) < 4.78 is 0. The van der Waals surface area contributed by atoms with Gasteiger partial charge in [-0.3, -0.25) is 9.59 Å². The van der Waals surface area contributed by atoms with Crippen molar-refractivity contribution < 1.29 is 9.59 Å². The summed E-state index contributed by atoms with van der Waals surface area (Å²) in [6, 6.07) is 1.60. The van der Waals surface area contributed by atoms with Crippen molar-refractivity contribution in [2.45, 2.75) is 13.8 Å². The van der Waals surface area contributed by atoms with Gasteiger partial charge in [-0.2, -0.15) is 5.26 Å². The second-order valence-corrected chi connectivity index (χ2v) is 2.16. The smallest absolute Gasteiger partial charge is 0.261 e. The third-order valence-electron chi connectivity index (χ3n) is 1.10. The van der Waals surface area contributed by atoms with Crippen molar-refractivity contribution in [1.29, 1.82) is 5.26 Å². The highest BCUT2D eigenvalue weighted by Crippen LogP contribution is 1.97. The molecule has 0 bridgehead atoms. The molecule has 2 amide bonds. The zero-order valence-corrected chi connectivity index (χ0v) is 6.84. The molecule has 0 fully saturated rings. The van der Waals surface area contributed by atoms with Crippen molar-refractivity contribution in [1.82, 2.24) is 5.32 Å². The van der Waals surface area contributed by atoms with E-state index < -0.39 is 5.91 Å². The lowest BCUT2D eigenvalue weighted by molar-refractivity contribution is -0.118. The number of amides is 2. The molecule has 0 atom stereocenters. The van der Waals surface area contributed by atoms with Crippen molar-refractivity contribution in [3.05, 3.63) is 11.3 Å². The van der Waals surface area contributed by atoms with E-state index in [1.54, 1.807) is 6.07 Å². The van der Waals surface area contributed by atoms with Crippen LogP contribution in [0.3, 0.4) is 0 Å². The summed E-state index contributed by atoms with van der Waals surface area (Å²) in [5.74, 6) is -1.19. The minimum atomic E-state index is -0.844. The molecule has 0 aliphatic carbocycles. The summed E-state index contributed by atoms with van der Waals surface area (Å²) in [6.07, 6.45) is 0. The van der Waals surface area contributed by atoms with Crippen LogP contribution in [0.4, 0.5) is 0 Å². The Bertz CT molecular complexity index is 286. The van der Waals surface area contributed by atoms with E-state index in [1.807, 2.05) is 0 Å². The Balaban J connectivity index is 4.76. The van der Waals surface area contributed by atoms with Gasteiger partial charge in [0.05, 0.1) is 0 Å². The Hall–Kier alpha value is -1.83.